The molecule has 4 amide bonds. The van der Waals surface area contributed by atoms with Gasteiger partial charge in [0.05, 0.1) is 6.54 Å². The second kappa shape index (κ2) is 9.36. The largest absolute Gasteiger partial charge is 0.457 e. The van der Waals surface area contributed by atoms with E-state index >= 15 is 0 Å². The molecule has 0 aromatic heterocycles. The van der Waals surface area contributed by atoms with Crippen molar-refractivity contribution in [3.05, 3.63) is 60.2 Å². The summed E-state index contributed by atoms with van der Waals surface area (Å²) in [5.74, 6) is -1.67. The Morgan fingerprint density at radius 1 is 0.828 bits per heavy atom. The van der Waals surface area contributed by atoms with Crippen LogP contribution in [-0.2, 0) is 14.4 Å². The van der Waals surface area contributed by atoms with E-state index in [9.17, 15) is 19.2 Å². The number of carbonyl (C=O) groups excluding carboxylic acids is 4. The molecule has 3 rings (SSSR count). The van der Waals surface area contributed by atoms with Gasteiger partial charge in [-0.25, -0.2) is 0 Å². The Balaban J connectivity index is 1.39. The van der Waals surface area contributed by atoms with Crippen LogP contribution in [-0.4, -0.2) is 36.2 Å². The summed E-state index contributed by atoms with van der Waals surface area (Å²) in [5.41, 5.74) is 4.40. The quantitative estimate of drug-likeness (QED) is 0.421. The smallest absolute Gasteiger partial charge is 0.327 e. The fraction of sp³-hybridized carbons (Fsp3) is 0.200. The number of carbonyl (C=O) groups is 4. The maximum absolute atomic E-state index is 12.1. The van der Waals surface area contributed by atoms with Crippen molar-refractivity contribution in [3.8, 4) is 11.5 Å². The summed E-state index contributed by atoms with van der Waals surface area (Å²) in [5, 5.41) is 4.91. The van der Waals surface area contributed by atoms with Gasteiger partial charge in [0.25, 0.3) is 11.8 Å². The van der Waals surface area contributed by atoms with E-state index in [0.717, 1.165) is 12.8 Å². The fourth-order valence-electron chi connectivity index (χ4n) is 2.27. The van der Waals surface area contributed by atoms with Crippen molar-refractivity contribution in [2.24, 2.45) is 0 Å². The molecule has 0 radical (unpaired) electrons. The molecule has 4 N–H and O–H groups in total. The number of ether oxygens (including phenoxy) is 1. The minimum Gasteiger partial charge on any atom is -0.457 e. The SMILES string of the molecule is O=C(CNC(=O)c1ccc(Oc2ccccc2)cc1)NNC(=O)C(=O)NC1CC1. The van der Waals surface area contributed by atoms with Gasteiger partial charge in [0, 0.05) is 11.6 Å². The predicted octanol–water partition coefficient (Wildman–Crippen LogP) is 0.635. The zero-order valence-corrected chi connectivity index (χ0v) is 15.4. The molecule has 0 heterocycles. The highest BCUT2D eigenvalue weighted by molar-refractivity contribution is 6.35. The van der Waals surface area contributed by atoms with Gasteiger partial charge in [-0.2, -0.15) is 0 Å². The van der Waals surface area contributed by atoms with Crippen molar-refractivity contribution >= 4 is 23.6 Å². The molecule has 0 aliphatic heterocycles. The van der Waals surface area contributed by atoms with Crippen molar-refractivity contribution in [1.82, 2.24) is 21.5 Å². The standard InChI is InChI=1S/C20H20N4O5/c25-17(23-24-20(28)19(27)22-14-8-9-14)12-21-18(26)13-6-10-16(11-7-13)29-15-4-2-1-3-5-15/h1-7,10-11,14H,8-9,12H2,(H,21,26)(H,22,27)(H,23,25)(H,24,28). The minimum absolute atomic E-state index is 0.0349. The number of benzene rings is 2. The normalized spacial score (nSPS) is 12.4. The summed E-state index contributed by atoms with van der Waals surface area (Å²) < 4.78 is 5.64. The van der Waals surface area contributed by atoms with Crippen LogP contribution >= 0.6 is 0 Å². The van der Waals surface area contributed by atoms with Gasteiger partial charge in [0.15, 0.2) is 0 Å². The van der Waals surface area contributed by atoms with E-state index in [4.69, 9.17) is 4.74 Å². The van der Waals surface area contributed by atoms with Crippen molar-refractivity contribution in [1.29, 1.82) is 0 Å². The maximum atomic E-state index is 12.1. The first-order chi connectivity index (χ1) is 14.0. The Hall–Kier alpha value is -3.88. The van der Waals surface area contributed by atoms with Gasteiger partial charge in [0.2, 0.25) is 0 Å². The van der Waals surface area contributed by atoms with Gasteiger partial charge in [-0.1, -0.05) is 18.2 Å². The third kappa shape index (κ3) is 6.35. The lowest BCUT2D eigenvalue weighted by Gasteiger charge is -2.09. The lowest BCUT2D eigenvalue weighted by molar-refractivity contribution is -0.140. The molecule has 2 aromatic carbocycles. The summed E-state index contributed by atoms with van der Waals surface area (Å²) in [6, 6.07) is 15.7. The Morgan fingerprint density at radius 3 is 2.14 bits per heavy atom. The number of nitrogens with one attached hydrogen (secondary N) is 4. The third-order valence-corrected chi connectivity index (χ3v) is 3.94. The number of para-hydroxylation sites is 1. The molecule has 150 valence electrons. The highest BCUT2D eigenvalue weighted by Crippen LogP contribution is 2.21. The molecular formula is C20H20N4O5. The monoisotopic (exact) mass is 396 g/mol. The molecule has 1 fully saturated rings. The van der Waals surface area contributed by atoms with Crippen molar-refractivity contribution in [2.45, 2.75) is 18.9 Å². The van der Waals surface area contributed by atoms with Gasteiger partial charge < -0.3 is 15.4 Å². The Labute approximate surface area is 166 Å². The van der Waals surface area contributed by atoms with Crippen LogP contribution in [0, 0.1) is 0 Å². The Kier molecular flexibility index (Phi) is 6.41. The molecule has 9 nitrogen and oxygen atoms in total. The van der Waals surface area contributed by atoms with E-state index in [0.29, 0.717) is 17.1 Å². The first kappa shape index (κ1) is 19.9. The van der Waals surface area contributed by atoms with Crippen LogP contribution in [0.1, 0.15) is 23.2 Å². The lowest BCUT2D eigenvalue weighted by Crippen LogP contribution is -2.51. The van der Waals surface area contributed by atoms with Gasteiger partial charge in [-0.3, -0.25) is 30.0 Å². The fourth-order valence-corrected chi connectivity index (χ4v) is 2.27. The molecule has 1 aliphatic carbocycles. The molecule has 2 aromatic rings. The van der Waals surface area contributed by atoms with Crippen molar-refractivity contribution in [3.63, 3.8) is 0 Å². The molecule has 0 saturated heterocycles. The Morgan fingerprint density at radius 2 is 1.48 bits per heavy atom. The van der Waals surface area contributed by atoms with E-state index in [1.165, 1.54) is 0 Å². The van der Waals surface area contributed by atoms with E-state index in [-0.39, 0.29) is 12.6 Å². The summed E-state index contributed by atoms with van der Waals surface area (Å²) in [6.07, 6.45) is 1.69. The number of rotatable bonds is 6. The zero-order chi connectivity index (χ0) is 20.6. The second-order valence-corrected chi connectivity index (χ2v) is 6.37. The third-order valence-electron chi connectivity index (χ3n) is 3.94. The van der Waals surface area contributed by atoms with Gasteiger partial charge in [-0.05, 0) is 49.2 Å². The number of hydrazine groups is 1. The van der Waals surface area contributed by atoms with Gasteiger partial charge in [-0.15, -0.1) is 0 Å². The molecule has 0 atom stereocenters. The van der Waals surface area contributed by atoms with Crippen LogP contribution in [0.2, 0.25) is 0 Å². The van der Waals surface area contributed by atoms with Crippen LogP contribution in [0.3, 0.4) is 0 Å². The first-order valence-electron chi connectivity index (χ1n) is 9.02. The molecule has 9 heteroatoms. The summed E-state index contributed by atoms with van der Waals surface area (Å²) >= 11 is 0. The molecular weight excluding hydrogens is 376 g/mol. The van der Waals surface area contributed by atoms with Gasteiger partial charge >= 0.3 is 11.8 Å². The summed E-state index contributed by atoms with van der Waals surface area (Å²) in [4.78, 5) is 46.8. The second-order valence-electron chi connectivity index (χ2n) is 6.37. The zero-order valence-electron chi connectivity index (χ0n) is 15.4. The number of hydrogen-bond donors (Lipinski definition) is 4. The molecule has 0 unspecified atom stereocenters. The molecule has 29 heavy (non-hydrogen) atoms. The molecule has 0 bridgehead atoms. The first-order valence-corrected chi connectivity index (χ1v) is 9.02. The molecule has 0 spiro atoms. The topological polar surface area (TPSA) is 126 Å². The minimum atomic E-state index is -0.967. The van der Waals surface area contributed by atoms with Crippen LogP contribution < -0.4 is 26.2 Å². The maximum Gasteiger partial charge on any atom is 0.327 e. The van der Waals surface area contributed by atoms with Crippen LogP contribution in [0.25, 0.3) is 0 Å². The number of hydrogen-bond acceptors (Lipinski definition) is 5. The predicted molar refractivity (Wildman–Crippen MR) is 103 cm³/mol. The van der Waals surface area contributed by atoms with Crippen molar-refractivity contribution < 1.29 is 23.9 Å². The molecule has 1 saturated carbocycles. The van der Waals surface area contributed by atoms with Crippen LogP contribution in [0.15, 0.2) is 54.6 Å². The van der Waals surface area contributed by atoms with E-state index in [1.807, 2.05) is 35.8 Å². The lowest BCUT2D eigenvalue weighted by atomic mass is 10.2. The summed E-state index contributed by atoms with van der Waals surface area (Å²) in [7, 11) is 0. The Bertz CT molecular complexity index is 895. The highest BCUT2D eigenvalue weighted by atomic mass is 16.5. The average molecular weight is 396 g/mol. The van der Waals surface area contributed by atoms with Gasteiger partial charge in [0.1, 0.15) is 11.5 Å². The van der Waals surface area contributed by atoms with E-state index in [2.05, 4.69) is 16.1 Å². The van der Waals surface area contributed by atoms with Crippen LogP contribution in [0.4, 0.5) is 0 Å². The van der Waals surface area contributed by atoms with E-state index in [1.54, 1.807) is 24.3 Å². The average Bonchev–Trinajstić information content (AvgIpc) is 3.55. The number of amides is 4. The molecule has 1 aliphatic rings. The highest BCUT2D eigenvalue weighted by Gasteiger charge is 2.26. The van der Waals surface area contributed by atoms with Crippen LogP contribution in [0.5, 0.6) is 11.5 Å². The van der Waals surface area contributed by atoms with Crippen molar-refractivity contribution in [2.75, 3.05) is 6.54 Å². The summed E-state index contributed by atoms with van der Waals surface area (Å²) in [6.45, 7) is -0.369. The van der Waals surface area contributed by atoms with E-state index < -0.39 is 23.6 Å².